The maximum Gasteiger partial charge on any atom is 0.154 e. The number of anilines is 3. The van der Waals surface area contributed by atoms with Gasteiger partial charge < -0.3 is 26.4 Å². The number of rotatable bonds is 4. The van der Waals surface area contributed by atoms with E-state index in [9.17, 15) is 5.11 Å². The molecule has 0 aromatic carbocycles. The Morgan fingerprint density at radius 1 is 1.56 bits per heavy atom. The number of aliphatic hydroxyl groups excluding tert-OH is 1. The lowest BCUT2D eigenvalue weighted by Crippen LogP contribution is -2.28. The first-order chi connectivity index (χ1) is 8.61. The van der Waals surface area contributed by atoms with Crippen LogP contribution in [-0.2, 0) is 0 Å². The molecule has 2 rings (SSSR count). The lowest BCUT2D eigenvalue weighted by atomic mass is 10.3. The summed E-state index contributed by atoms with van der Waals surface area (Å²) >= 11 is 0. The quantitative estimate of drug-likeness (QED) is 0.676. The highest BCUT2D eigenvalue weighted by molar-refractivity contribution is 5.66. The van der Waals surface area contributed by atoms with Gasteiger partial charge in [0.15, 0.2) is 5.82 Å². The van der Waals surface area contributed by atoms with Gasteiger partial charge >= 0.3 is 0 Å². The van der Waals surface area contributed by atoms with Gasteiger partial charge in [-0.1, -0.05) is 0 Å². The molecule has 1 aromatic heterocycles. The first-order valence-corrected chi connectivity index (χ1v) is 6.22. The van der Waals surface area contributed by atoms with Crippen molar-refractivity contribution in [3.8, 4) is 0 Å². The first kappa shape index (κ1) is 12.9. The number of β-amino-alcohol motifs (C(OH)–C–C–N with tert-alkyl or cyclic N) is 1. The van der Waals surface area contributed by atoms with Crippen LogP contribution < -0.4 is 21.3 Å². The van der Waals surface area contributed by atoms with E-state index >= 15 is 0 Å². The van der Waals surface area contributed by atoms with Crippen LogP contribution in [0.2, 0.25) is 0 Å². The Hall–Kier alpha value is -1.53. The summed E-state index contributed by atoms with van der Waals surface area (Å²) in [5, 5.41) is 9.56. The maximum absolute atomic E-state index is 9.56. The Kier molecular flexibility index (Phi) is 3.88. The van der Waals surface area contributed by atoms with Crippen LogP contribution in [0.25, 0.3) is 0 Å². The van der Waals surface area contributed by atoms with E-state index in [4.69, 9.17) is 11.5 Å². The molecule has 0 radical (unpaired) electrons. The number of nitrogen functional groups attached to an aromatic ring is 1. The third-order valence-electron chi connectivity index (χ3n) is 3.20. The molecule has 5 N–H and O–H groups in total. The van der Waals surface area contributed by atoms with Gasteiger partial charge in [0.05, 0.1) is 11.8 Å². The molecular weight excluding hydrogens is 230 g/mol. The molecule has 1 aliphatic heterocycles. The zero-order valence-electron chi connectivity index (χ0n) is 10.7. The fraction of sp³-hybridized carbons (Fsp3) is 0.583. The van der Waals surface area contributed by atoms with Crippen LogP contribution in [0.15, 0.2) is 12.1 Å². The lowest BCUT2D eigenvalue weighted by Gasteiger charge is -2.23. The van der Waals surface area contributed by atoms with Gasteiger partial charge in [-0.05, 0) is 18.6 Å². The molecule has 0 amide bonds. The van der Waals surface area contributed by atoms with E-state index in [1.54, 1.807) is 0 Å². The summed E-state index contributed by atoms with van der Waals surface area (Å²) < 4.78 is 0. The summed E-state index contributed by atoms with van der Waals surface area (Å²) in [6.07, 6.45) is 0.537. The molecule has 100 valence electrons. The van der Waals surface area contributed by atoms with E-state index in [2.05, 4.69) is 9.88 Å². The Balaban J connectivity index is 2.20. The third kappa shape index (κ3) is 2.65. The number of nitrogens with two attached hydrogens (primary N) is 2. The lowest BCUT2D eigenvalue weighted by molar-refractivity contribution is 0.198. The van der Waals surface area contributed by atoms with E-state index < -0.39 is 0 Å². The van der Waals surface area contributed by atoms with Crippen LogP contribution in [0.5, 0.6) is 0 Å². The second-order valence-electron chi connectivity index (χ2n) is 4.68. The van der Waals surface area contributed by atoms with Gasteiger partial charge in [0.1, 0.15) is 5.82 Å². The van der Waals surface area contributed by atoms with E-state index in [1.807, 2.05) is 24.1 Å². The van der Waals surface area contributed by atoms with Gasteiger partial charge in [-0.15, -0.1) is 0 Å². The standard InChI is InChI=1S/C12H21N5O/c1-16(7-5-13)12-10(14)2-3-11(15-12)17-6-4-9(18)8-17/h2-3,9,18H,4-8,13-14H2,1H3. The van der Waals surface area contributed by atoms with Crippen molar-refractivity contribution in [1.29, 1.82) is 0 Å². The summed E-state index contributed by atoms with van der Waals surface area (Å²) in [6, 6.07) is 3.75. The number of pyridine rings is 1. The minimum atomic E-state index is -0.255. The van der Waals surface area contributed by atoms with Crippen LogP contribution in [0, 0.1) is 0 Å². The fourth-order valence-corrected chi connectivity index (χ4v) is 2.18. The molecule has 1 saturated heterocycles. The van der Waals surface area contributed by atoms with Crippen LogP contribution in [-0.4, -0.2) is 49.4 Å². The zero-order valence-corrected chi connectivity index (χ0v) is 10.7. The van der Waals surface area contributed by atoms with E-state index in [0.29, 0.717) is 25.3 Å². The normalized spacial score (nSPS) is 19.3. The molecule has 0 aliphatic carbocycles. The minimum Gasteiger partial charge on any atom is -0.396 e. The smallest absolute Gasteiger partial charge is 0.154 e. The number of aromatic nitrogens is 1. The molecule has 6 heteroatoms. The highest BCUT2D eigenvalue weighted by Gasteiger charge is 2.22. The molecule has 0 bridgehead atoms. The Labute approximate surface area is 107 Å². The Morgan fingerprint density at radius 2 is 2.33 bits per heavy atom. The molecule has 1 unspecified atom stereocenters. The van der Waals surface area contributed by atoms with Gasteiger partial charge in [0.2, 0.25) is 0 Å². The average Bonchev–Trinajstić information content (AvgIpc) is 2.77. The molecule has 1 atom stereocenters. The number of aliphatic hydroxyl groups is 1. The summed E-state index contributed by atoms with van der Waals surface area (Å²) in [4.78, 5) is 8.59. The number of nitrogens with zero attached hydrogens (tertiary/aromatic N) is 3. The highest BCUT2D eigenvalue weighted by atomic mass is 16.3. The highest BCUT2D eigenvalue weighted by Crippen LogP contribution is 2.25. The largest absolute Gasteiger partial charge is 0.396 e. The summed E-state index contributed by atoms with van der Waals surface area (Å²) in [5.41, 5.74) is 12.1. The molecule has 6 nitrogen and oxygen atoms in total. The molecule has 1 aliphatic rings. The molecule has 0 saturated carbocycles. The van der Waals surface area contributed by atoms with Crippen molar-refractivity contribution >= 4 is 17.3 Å². The van der Waals surface area contributed by atoms with E-state index in [0.717, 1.165) is 24.6 Å². The Morgan fingerprint density at radius 3 is 2.94 bits per heavy atom. The van der Waals surface area contributed by atoms with Crippen molar-refractivity contribution in [1.82, 2.24) is 4.98 Å². The Bertz CT molecular complexity index is 411. The predicted octanol–water partition coefficient (Wildman–Crippen LogP) is -0.370. The van der Waals surface area contributed by atoms with Gasteiger partial charge in [-0.3, -0.25) is 0 Å². The second kappa shape index (κ2) is 5.41. The van der Waals surface area contributed by atoms with Crippen LogP contribution in [0.1, 0.15) is 6.42 Å². The van der Waals surface area contributed by atoms with E-state index in [-0.39, 0.29) is 6.10 Å². The molecule has 2 heterocycles. The van der Waals surface area contributed by atoms with Crippen LogP contribution >= 0.6 is 0 Å². The van der Waals surface area contributed by atoms with Crippen molar-refractivity contribution in [3.05, 3.63) is 12.1 Å². The van der Waals surface area contributed by atoms with Crippen molar-refractivity contribution in [2.75, 3.05) is 48.8 Å². The molecular formula is C12H21N5O. The van der Waals surface area contributed by atoms with Crippen molar-refractivity contribution < 1.29 is 5.11 Å². The molecule has 1 fully saturated rings. The minimum absolute atomic E-state index is 0.255. The SMILES string of the molecule is CN(CCN)c1nc(N2CCC(O)C2)ccc1N. The van der Waals surface area contributed by atoms with Crippen LogP contribution in [0.3, 0.4) is 0 Å². The molecule has 0 spiro atoms. The predicted molar refractivity (Wildman–Crippen MR) is 73.8 cm³/mol. The third-order valence-corrected chi connectivity index (χ3v) is 3.20. The van der Waals surface area contributed by atoms with Gasteiger partial charge in [-0.25, -0.2) is 4.98 Å². The van der Waals surface area contributed by atoms with Crippen LogP contribution in [0.4, 0.5) is 17.3 Å². The summed E-state index contributed by atoms with van der Waals surface area (Å²) in [6.45, 7) is 2.74. The second-order valence-corrected chi connectivity index (χ2v) is 4.68. The average molecular weight is 251 g/mol. The number of hydrogen-bond acceptors (Lipinski definition) is 6. The maximum atomic E-state index is 9.56. The van der Waals surface area contributed by atoms with Gasteiger partial charge in [0, 0.05) is 33.2 Å². The summed E-state index contributed by atoms with van der Waals surface area (Å²) in [5.74, 6) is 1.61. The fourth-order valence-electron chi connectivity index (χ4n) is 2.18. The summed E-state index contributed by atoms with van der Waals surface area (Å²) in [7, 11) is 1.92. The van der Waals surface area contributed by atoms with Gasteiger partial charge in [0.25, 0.3) is 0 Å². The molecule has 18 heavy (non-hydrogen) atoms. The first-order valence-electron chi connectivity index (χ1n) is 6.22. The number of likely N-dealkylation sites (N-methyl/N-ethyl adjacent to an activating group) is 1. The molecule has 1 aromatic rings. The van der Waals surface area contributed by atoms with Gasteiger partial charge in [-0.2, -0.15) is 0 Å². The van der Waals surface area contributed by atoms with E-state index in [1.165, 1.54) is 0 Å². The zero-order chi connectivity index (χ0) is 13.1. The van der Waals surface area contributed by atoms with Crippen molar-refractivity contribution in [2.45, 2.75) is 12.5 Å². The van der Waals surface area contributed by atoms with Crippen molar-refractivity contribution in [3.63, 3.8) is 0 Å². The topological polar surface area (TPSA) is 91.6 Å². The van der Waals surface area contributed by atoms with Crippen molar-refractivity contribution in [2.24, 2.45) is 5.73 Å². The monoisotopic (exact) mass is 251 g/mol. The number of hydrogen-bond donors (Lipinski definition) is 3.